The molecule has 5 heteroatoms. The van der Waals surface area contributed by atoms with Gasteiger partial charge in [-0.2, -0.15) is 0 Å². The van der Waals surface area contributed by atoms with Crippen molar-refractivity contribution in [1.29, 1.82) is 0 Å². The van der Waals surface area contributed by atoms with Gasteiger partial charge in [0.25, 0.3) is 0 Å². The summed E-state index contributed by atoms with van der Waals surface area (Å²) in [6, 6.07) is 12.3. The van der Waals surface area contributed by atoms with Gasteiger partial charge >= 0.3 is 5.97 Å². The van der Waals surface area contributed by atoms with E-state index >= 15 is 0 Å². The third-order valence-corrected chi connectivity index (χ3v) is 3.66. The summed E-state index contributed by atoms with van der Waals surface area (Å²) in [6.45, 7) is 1.82. The van der Waals surface area contributed by atoms with Gasteiger partial charge in [0.15, 0.2) is 11.5 Å². The molecule has 0 amide bonds. The van der Waals surface area contributed by atoms with Crippen LogP contribution in [-0.4, -0.2) is 18.2 Å². The van der Waals surface area contributed by atoms with E-state index < -0.39 is 11.9 Å². The number of carboxylic acid groups (broad SMARTS) is 1. The minimum Gasteiger partial charge on any atom is -0.493 e. The van der Waals surface area contributed by atoms with Gasteiger partial charge in [-0.15, -0.1) is 0 Å². The first-order chi connectivity index (χ1) is 10.6. The monoisotopic (exact) mass is 320 g/mol. The van der Waals surface area contributed by atoms with Crippen molar-refractivity contribution in [2.75, 3.05) is 7.11 Å². The van der Waals surface area contributed by atoms with Crippen LogP contribution in [0, 0.1) is 0 Å². The zero-order valence-corrected chi connectivity index (χ0v) is 13.1. The topological polar surface area (TPSA) is 55.8 Å². The maximum atomic E-state index is 11.4. The first-order valence-electron chi connectivity index (χ1n) is 6.90. The molecule has 2 rings (SSSR count). The normalized spacial score (nSPS) is 11.8. The molecule has 0 heterocycles. The van der Waals surface area contributed by atoms with Crippen LogP contribution in [0.15, 0.2) is 42.5 Å². The van der Waals surface area contributed by atoms with Crippen LogP contribution in [-0.2, 0) is 4.79 Å². The molecule has 0 saturated carbocycles. The molecule has 2 aromatic rings. The van der Waals surface area contributed by atoms with Crippen LogP contribution in [0.2, 0.25) is 5.02 Å². The zero-order valence-electron chi connectivity index (χ0n) is 12.4. The minimum absolute atomic E-state index is 0.414. The second kappa shape index (κ2) is 7.18. The van der Waals surface area contributed by atoms with Gasteiger partial charge < -0.3 is 14.6 Å². The van der Waals surface area contributed by atoms with E-state index in [4.69, 9.17) is 21.1 Å². The molecule has 22 heavy (non-hydrogen) atoms. The molecule has 0 saturated heterocycles. The maximum Gasteiger partial charge on any atom is 0.311 e. The molecule has 116 valence electrons. The Bertz CT molecular complexity index is 669. The predicted molar refractivity (Wildman–Crippen MR) is 85.2 cm³/mol. The lowest BCUT2D eigenvalue weighted by Crippen LogP contribution is -2.12. The predicted octanol–water partition coefficient (Wildman–Crippen LogP) is 4.72. The van der Waals surface area contributed by atoms with Crippen molar-refractivity contribution in [3.63, 3.8) is 0 Å². The molecule has 4 nitrogen and oxygen atoms in total. The lowest BCUT2D eigenvalue weighted by Gasteiger charge is -2.18. The number of ether oxygens (including phenoxy) is 2. The quantitative estimate of drug-likeness (QED) is 0.836. The summed E-state index contributed by atoms with van der Waals surface area (Å²) in [6.07, 6.45) is 0.460. The van der Waals surface area contributed by atoms with Crippen molar-refractivity contribution < 1.29 is 19.4 Å². The SMILES string of the molecule is CCC(C(=O)O)c1cccc(Oc2ccccc2Cl)c1OC. The van der Waals surface area contributed by atoms with Gasteiger partial charge in [0.05, 0.1) is 18.1 Å². The molecule has 0 radical (unpaired) electrons. The highest BCUT2D eigenvalue weighted by Crippen LogP contribution is 2.40. The van der Waals surface area contributed by atoms with Crippen molar-refractivity contribution in [2.45, 2.75) is 19.3 Å². The van der Waals surface area contributed by atoms with Crippen molar-refractivity contribution in [1.82, 2.24) is 0 Å². The van der Waals surface area contributed by atoms with Crippen LogP contribution < -0.4 is 9.47 Å². The van der Waals surface area contributed by atoms with Crippen molar-refractivity contribution in [3.05, 3.63) is 53.1 Å². The fourth-order valence-corrected chi connectivity index (χ4v) is 2.45. The number of benzene rings is 2. The number of halogens is 1. The van der Waals surface area contributed by atoms with Gasteiger partial charge in [-0.25, -0.2) is 0 Å². The van der Waals surface area contributed by atoms with E-state index in [1.54, 1.807) is 36.4 Å². The highest BCUT2D eigenvalue weighted by molar-refractivity contribution is 6.32. The third kappa shape index (κ3) is 3.34. The van der Waals surface area contributed by atoms with Gasteiger partial charge in [0.2, 0.25) is 0 Å². The van der Waals surface area contributed by atoms with Crippen molar-refractivity contribution in [3.8, 4) is 17.2 Å². The summed E-state index contributed by atoms with van der Waals surface area (Å²) in [5.41, 5.74) is 0.585. The molecular formula is C17H17ClO4. The molecule has 1 unspecified atom stereocenters. The molecule has 0 aliphatic carbocycles. The lowest BCUT2D eigenvalue weighted by molar-refractivity contribution is -0.138. The third-order valence-electron chi connectivity index (χ3n) is 3.35. The Morgan fingerprint density at radius 1 is 1.18 bits per heavy atom. The van der Waals surface area contributed by atoms with Gasteiger partial charge in [0.1, 0.15) is 5.75 Å². The Balaban J connectivity index is 2.45. The van der Waals surface area contributed by atoms with Gasteiger partial charge in [-0.05, 0) is 24.6 Å². The molecule has 0 fully saturated rings. The summed E-state index contributed by atoms with van der Waals surface area (Å²) in [5.74, 6) is -0.201. The van der Waals surface area contributed by atoms with Gasteiger partial charge in [0, 0.05) is 5.56 Å². The van der Waals surface area contributed by atoms with E-state index in [0.717, 1.165) is 0 Å². The fourth-order valence-electron chi connectivity index (χ4n) is 2.28. The van der Waals surface area contributed by atoms with Crippen molar-refractivity contribution in [2.24, 2.45) is 0 Å². The number of carbonyl (C=O) groups is 1. The van der Waals surface area contributed by atoms with E-state index in [0.29, 0.717) is 34.3 Å². The molecule has 0 bridgehead atoms. The van der Waals surface area contributed by atoms with Crippen LogP contribution in [0.1, 0.15) is 24.8 Å². The molecule has 0 aliphatic rings. The second-order valence-corrected chi connectivity index (χ2v) is 5.12. The Hall–Kier alpha value is -2.20. The van der Waals surface area contributed by atoms with Crippen LogP contribution in [0.4, 0.5) is 0 Å². The van der Waals surface area contributed by atoms with E-state index in [9.17, 15) is 9.90 Å². The number of hydrogen-bond acceptors (Lipinski definition) is 3. The molecule has 2 aromatic carbocycles. The van der Waals surface area contributed by atoms with Gasteiger partial charge in [-0.1, -0.05) is 42.8 Å². The Morgan fingerprint density at radius 3 is 2.45 bits per heavy atom. The van der Waals surface area contributed by atoms with E-state index in [2.05, 4.69) is 0 Å². The first-order valence-corrected chi connectivity index (χ1v) is 7.28. The summed E-state index contributed by atoms with van der Waals surface area (Å²) in [5, 5.41) is 9.83. The average molecular weight is 321 g/mol. The van der Waals surface area contributed by atoms with Crippen LogP contribution >= 0.6 is 11.6 Å². The summed E-state index contributed by atoms with van der Waals surface area (Å²) in [7, 11) is 1.49. The smallest absolute Gasteiger partial charge is 0.311 e. The summed E-state index contributed by atoms with van der Waals surface area (Å²) >= 11 is 6.09. The van der Waals surface area contributed by atoms with E-state index in [1.165, 1.54) is 7.11 Å². The molecule has 0 spiro atoms. The fraction of sp³-hybridized carbons (Fsp3) is 0.235. The number of hydrogen-bond donors (Lipinski definition) is 1. The molecule has 0 aliphatic heterocycles. The molecule has 1 N–H and O–H groups in total. The first kappa shape index (κ1) is 16.2. The standard InChI is InChI=1S/C17H17ClO4/c1-3-11(17(19)20)12-7-6-10-15(16(12)21-2)22-14-9-5-4-8-13(14)18/h4-11H,3H2,1-2H3,(H,19,20). The number of aliphatic carboxylic acids is 1. The van der Waals surface area contributed by atoms with Gasteiger partial charge in [-0.3, -0.25) is 4.79 Å². The molecule has 0 aromatic heterocycles. The minimum atomic E-state index is -0.893. The highest BCUT2D eigenvalue weighted by atomic mass is 35.5. The summed E-state index contributed by atoms with van der Waals surface area (Å²) < 4.78 is 11.2. The lowest BCUT2D eigenvalue weighted by atomic mass is 9.95. The van der Waals surface area contributed by atoms with Crippen LogP contribution in [0.5, 0.6) is 17.2 Å². The van der Waals surface area contributed by atoms with Crippen LogP contribution in [0.25, 0.3) is 0 Å². The van der Waals surface area contributed by atoms with E-state index in [-0.39, 0.29) is 0 Å². The molecular weight excluding hydrogens is 304 g/mol. The van der Waals surface area contributed by atoms with Crippen LogP contribution in [0.3, 0.4) is 0 Å². The largest absolute Gasteiger partial charge is 0.493 e. The van der Waals surface area contributed by atoms with Crippen molar-refractivity contribution >= 4 is 17.6 Å². The Morgan fingerprint density at radius 2 is 1.86 bits per heavy atom. The summed E-state index contributed by atoms with van der Waals surface area (Å²) in [4.78, 5) is 11.4. The maximum absolute atomic E-state index is 11.4. The zero-order chi connectivity index (χ0) is 16.1. The number of rotatable bonds is 6. The highest BCUT2D eigenvalue weighted by Gasteiger charge is 2.24. The van der Waals surface area contributed by atoms with E-state index in [1.807, 2.05) is 13.0 Å². The Kier molecular flexibility index (Phi) is 5.28. The Labute approximate surface area is 134 Å². The number of para-hydroxylation sites is 2. The second-order valence-electron chi connectivity index (χ2n) is 4.71. The molecule has 1 atom stereocenters. The average Bonchev–Trinajstić information content (AvgIpc) is 2.50. The number of methoxy groups -OCH3 is 1. The number of carboxylic acids is 1.